The molecule has 0 saturated heterocycles. The summed E-state index contributed by atoms with van der Waals surface area (Å²) in [7, 11) is 0. The minimum Gasteiger partial charge on any atom is -0.481 e. The number of fused-ring (bicyclic) bond motifs is 5. The first kappa shape index (κ1) is 17.9. The molecule has 0 spiro atoms. The van der Waals surface area contributed by atoms with Crippen LogP contribution in [0.3, 0.4) is 0 Å². The van der Waals surface area contributed by atoms with Gasteiger partial charge in [-0.2, -0.15) is 0 Å². The average Bonchev–Trinajstić information content (AvgIpc) is 2.91. The molecule has 0 amide bonds. The lowest BCUT2D eigenvalue weighted by molar-refractivity contribution is -0.139. The van der Waals surface area contributed by atoms with Gasteiger partial charge < -0.3 is 5.11 Å². The summed E-state index contributed by atoms with van der Waals surface area (Å²) in [6, 6.07) is 0. The Bertz CT molecular complexity index is 528. The number of hydrogen-bond acceptors (Lipinski definition) is 1. The first-order valence-electron chi connectivity index (χ1n) is 11.1. The maximum absolute atomic E-state index is 11.3. The summed E-state index contributed by atoms with van der Waals surface area (Å²) in [5.74, 6) is 4.11. The molecule has 0 aromatic carbocycles. The van der Waals surface area contributed by atoms with Crippen LogP contribution in [-0.2, 0) is 4.79 Å². The second-order valence-electron chi connectivity index (χ2n) is 10.7. The second-order valence-corrected chi connectivity index (χ2v) is 10.7. The Kier molecular flexibility index (Phi) is 4.48. The fraction of sp³-hybridized carbons (Fsp3) is 0.957. The Morgan fingerprint density at radius 2 is 1.72 bits per heavy atom. The lowest BCUT2D eigenvalue weighted by atomic mass is 9.44. The van der Waals surface area contributed by atoms with E-state index in [1.807, 2.05) is 0 Å². The predicted molar refractivity (Wildman–Crippen MR) is 101 cm³/mol. The molecule has 0 aromatic heterocycles. The molecule has 142 valence electrons. The largest absolute Gasteiger partial charge is 0.481 e. The molecular weight excluding hydrogens is 308 g/mol. The van der Waals surface area contributed by atoms with E-state index in [0.29, 0.717) is 29.1 Å². The van der Waals surface area contributed by atoms with Crippen molar-refractivity contribution < 1.29 is 9.90 Å². The highest BCUT2D eigenvalue weighted by Gasteiger charge is 2.60. The minimum atomic E-state index is -0.608. The van der Waals surface area contributed by atoms with Crippen molar-refractivity contribution in [1.82, 2.24) is 0 Å². The Labute approximate surface area is 154 Å². The first-order valence-corrected chi connectivity index (χ1v) is 11.1. The summed E-state index contributed by atoms with van der Waals surface area (Å²) in [5.41, 5.74) is 1.03. The van der Waals surface area contributed by atoms with E-state index in [4.69, 9.17) is 0 Å². The van der Waals surface area contributed by atoms with Gasteiger partial charge in [-0.05, 0) is 97.7 Å². The van der Waals surface area contributed by atoms with Crippen LogP contribution in [0.25, 0.3) is 0 Å². The second kappa shape index (κ2) is 6.27. The van der Waals surface area contributed by atoms with Gasteiger partial charge in [0.1, 0.15) is 0 Å². The lowest BCUT2D eigenvalue weighted by Crippen LogP contribution is -2.53. The van der Waals surface area contributed by atoms with Crippen molar-refractivity contribution in [2.24, 2.45) is 46.3 Å². The Morgan fingerprint density at radius 3 is 2.48 bits per heavy atom. The molecule has 0 bridgehead atoms. The van der Waals surface area contributed by atoms with Gasteiger partial charge in [-0.25, -0.2) is 0 Å². The topological polar surface area (TPSA) is 37.3 Å². The van der Waals surface area contributed by atoms with Crippen LogP contribution in [0.4, 0.5) is 0 Å². The summed E-state index contributed by atoms with van der Waals surface area (Å²) >= 11 is 0. The van der Waals surface area contributed by atoms with Gasteiger partial charge >= 0.3 is 5.97 Å². The maximum Gasteiger partial charge on any atom is 0.303 e. The van der Waals surface area contributed by atoms with Crippen molar-refractivity contribution in [3.05, 3.63) is 0 Å². The molecule has 0 aliphatic heterocycles. The van der Waals surface area contributed by atoms with Crippen molar-refractivity contribution in [2.75, 3.05) is 0 Å². The molecule has 1 N–H and O–H groups in total. The van der Waals surface area contributed by atoms with Crippen LogP contribution in [0.2, 0.25) is 0 Å². The van der Waals surface area contributed by atoms with E-state index >= 15 is 0 Å². The minimum absolute atomic E-state index is 0.339. The third-order valence-corrected chi connectivity index (χ3v) is 9.84. The van der Waals surface area contributed by atoms with Gasteiger partial charge in [0.15, 0.2) is 0 Å². The van der Waals surface area contributed by atoms with Gasteiger partial charge in [-0.15, -0.1) is 0 Å². The van der Waals surface area contributed by atoms with Gasteiger partial charge in [0.2, 0.25) is 0 Å². The fourth-order valence-electron chi connectivity index (χ4n) is 8.69. The van der Waals surface area contributed by atoms with Crippen LogP contribution < -0.4 is 0 Å². The summed E-state index contributed by atoms with van der Waals surface area (Å²) in [6.07, 6.45) is 14.6. The van der Waals surface area contributed by atoms with Gasteiger partial charge in [-0.3, -0.25) is 4.79 Å². The van der Waals surface area contributed by atoms with Crippen LogP contribution in [0.15, 0.2) is 0 Å². The molecule has 0 aromatic rings. The standard InChI is InChI=1S/C23H38O2/c1-15(14-21(24)25)18-9-10-19-17-8-7-16-6-4-5-12-22(16,2)20(17)11-13-23(18,19)3/h15-20H,4-14H2,1-3H3,(H,24,25)/t15-,16?,17?,18?,19?,20?,22+,23?/m1/s1. The highest BCUT2D eigenvalue weighted by Crippen LogP contribution is 2.68. The van der Waals surface area contributed by atoms with Gasteiger partial charge in [0, 0.05) is 6.42 Å². The normalized spacial score (nSPS) is 50.4. The molecular formula is C23H38O2. The first-order chi connectivity index (χ1) is 11.9. The van der Waals surface area contributed by atoms with Crippen LogP contribution >= 0.6 is 0 Å². The van der Waals surface area contributed by atoms with Crippen LogP contribution in [0, 0.1) is 46.3 Å². The number of carboxylic acids is 1. The zero-order valence-electron chi connectivity index (χ0n) is 16.6. The summed E-state index contributed by atoms with van der Waals surface area (Å²) < 4.78 is 0. The van der Waals surface area contributed by atoms with E-state index in [1.165, 1.54) is 64.2 Å². The molecule has 0 heterocycles. The molecule has 8 atom stereocenters. The lowest BCUT2D eigenvalue weighted by Gasteiger charge is -2.60. The molecule has 4 aliphatic rings. The molecule has 4 fully saturated rings. The molecule has 25 heavy (non-hydrogen) atoms. The highest BCUT2D eigenvalue weighted by atomic mass is 16.4. The van der Waals surface area contributed by atoms with Crippen molar-refractivity contribution in [3.8, 4) is 0 Å². The van der Waals surface area contributed by atoms with E-state index in [-0.39, 0.29) is 0 Å². The summed E-state index contributed by atoms with van der Waals surface area (Å²) in [5, 5.41) is 9.27. The number of carbonyl (C=O) groups is 1. The van der Waals surface area contributed by atoms with Crippen molar-refractivity contribution in [1.29, 1.82) is 0 Å². The van der Waals surface area contributed by atoms with Gasteiger partial charge in [0.05, 0.1) is 0 Å². The van der Waals surface area contributed by atoms with Gasteiger partial charge in [0.25, 0.3) is 0 Å². The van der Waals surface area contributed by atoms with E-state index in [1.54, 1.807) is 0 Å². The zero-order chi connectivity index (χ0) is 17.8. The molecule has 4 rings (SSSR count). The Morgan fingerprint density at radius 1 is 0.960 bits per heavy atom. The van der Waals surface area contributed by atoms with Crippen LogP contribution in [0.5, 0.6) is 0 Å². The molecule has 4 saturated carbocycles. The van der Waals surface area contributed by atoms with Crippen LogP contribution in [-0.4, -0.2) is 11.1 Å². The third kappa shape index (κ3) is 2.69. The Balaban J connectivity index is 1.56. The third-order valence-electron chi connectivity index (χ3n) is 9.84. The molecule has 4 aliphatic carbocycles. The maximum atomic E-state index is 11.3. The van der Waals surface area contributed by atoms with Crippen molar-refractivity contribution >= 4 is 5.97 Å². The van der Waals surface area contributed by atoms with Crippen molar-refractivity contribution in [2.45, 2.75) is 91.4 Å². The number of carboxylic acid groups (broad SMARTS) is 1. The summed E-state index contributed by atoms with van der Waals surface area (Å²) in [6.45, 7) is 7.40. The van der Waals surface area contributed by atoms with E-state index in [9.17, 15) is 9.90 Å². The van der Waals surface area contributed by atoms with Crippen LogP contribution in [0.1, 0.15) is 91.4 Å². The summed E-state index contributed by atoms with van der Waals surface area (Å²) in [4.78, 5) is 11.3. The monoisotopic (exact) mass is 346 g/mol. The smallest absolute Gasteiger partial charge is 0.303 e. The van der Waals surface area contributed by atoms with E-state index in [2.05, 4.69) is 20.8 Å². The molecule has 0 radical (unpaired) electrons. The fourth-order valence-corrected chi connectivity index (χ4v) is 8.69. The van der Waals surface area contributed by atoms with E-state index in [0.717, 1.165) is 23.7 Å². The molecule has 6 unspecified atom stereocenters. The average molecular weight is 347 g/mol. The molecule has 2 heteroatoms. The zero-order valence-corrected chi connectivity index (χ0v) is 16.6. The SMILES string of the molecule is C[C@H](CC(=O)O)C1CCC2C3CCC4CCCC[C@]4(C)C3CCC21C. The quantitative estimate of drug-likeness (QED) is 0.666. The predicted octanol–water partition coefficient (Wildman–Crippen LogP) is 6.15. The Hall–Kier alpha value is -0.530. The number of aliphatic carboxylic acids is 1. The highest BCUT2D eigenvalue weighted by molar-refractivity contribution is 5.67. The number of hydrogen-bond donors (Lipinski definition) is 1. The molecule has 2 nitrogen and oxygen atoms in total. The number of rotatable bonds is 3. The van der Waals surface area contributed by atoms with Gasteiger partial charge in [-0.1, -0.05) is 33.6 Å². The van der Waals surface area contributed by atoms with Crippen molar-refractivity contribution in [3.63, 3.8) is 0 Å². The van der Waals surface area contributed by atoms with E-state index < -0.39 is 5.97 Å².